The number of ketones is 1. The lowest BCUT2D eigenvalue weighted by Crippen LogP contribution is -2.15. The van der Waals surface area contributed by atoms with Gasteiger partial charge in [0.1, 0.15) is 0 Å². The zero-order chi connectivity index (χ0) is 18.0. The SMILES string of the molecule is CC(C)C(=O)OCC(C)c1ccc2c(c1)SCc1ccccc1C2=O. The molecule has 3 nitrogen and oxygen atoms in total. The molecule has 0 bridgehead atoms. The van der Waals surface area contributed by atoms with Crippen molar-refractivity contribution in [3.8, 4) is 0 Å². The molecule has 1 aliphatic heterocycles. The Morgan fingerprint density at radius 1 is 1.12 bits per heavy atom. The van der Waals surface area contributed by atoms with Crippen LogP contribution in [-0.2, 0) is 15.3 Å². The molecule has 0 aliphatic carbocycles. The minimum atomic E-state index is -0.179. The first-order valence-electron chi connectivity index (χ1n) is 8.53. The molecular weight excluding hydrogens is 332 g/mol. The fourth-order valence-electron chi connectivity index (χ4n) is 2.79. The molecular formula is C21H22O3S. The minimum Gasteiger partial charge on any atom is -0.465 e. The number of benzene rings is 2. The van der Waals surface area contributed by atoms with E-state index in [1.54, 1.807) is 11.8 Å². The van der Waals surface area contributed by atoms with Crippen LogP contribution in [0, 0.1) is 5.92 Å². The number of carbonyl (C=O) groups excluding carboxylic acids is 2. The summed E-state index contributed by atoms with van der Waals surface area (Å²) in [5, 5.41) is 0. The number of esters is 1. The van der Waals surface area contributed by atoms with Gasteiger partial charge in [0.2, 0.25) is 0 Å². The third-order valence-electron chi connectivity index (χ3n) is 4.41. The van der Waals surface area contributed by atoms with Crippen molar-refractivity contribution in [2.45, 2.75) is 37.3 Å². The van der Waals surface area contributed by atoms with Crippen molar-refractivity contribution >= 4 is 23.5 Å². The molecule has 0 spiro atoms. The Balaban J connectivity index is 1.81. The largest absolute Gasteiger partial charge is 0.465 e. The zero-order valence-corrected chi connectivity index (χ0v) is 15.6. The molecule has 0 fully saturated rings. The Hall–Kier alpha value is -2.07. The topological polar surface area (TPSA) is 43.4 Å². The van der Waals surface area contributed by atoms with Crippen molar-refractivity contribution < 1.29 is 14.3 Å². The predicted molar refractivity (Wildman–Crippen MR) is 100 cm³/mol. The van der Waals surface area contributed by atoms with Crippen molar-refractivity contribution in [1.82, 2.24) is 0 Å². The van der Waals surface area contributed by atoms with Gasteiger partial charge in [-0.1, -0.05) is 51.1 Å². The third kappa shape index (κ3) is 3.79. The minimum absolute atomic E-state index is 0.0843. The fraction of sp³-hybridized carbons (Fsp3) is 0.333. The molecule has 0 aromatic heterocycles. The fourth-order valence-corrected chi connectivity index (χ4v) is 3.89. The standard InChI is InChI=1S/C21H22O3S/c1-13(2)21(23)24-11-14(3)15-8-9-18-19(10-15)25-12-16-6-4-5-7-17(16)20(18)22/h4-10,13-14H,11-12H2,1-3H3. The van der Waals surface area contributed by atoms with E-state index in [1.165, 1.54) is 0 Å². The van der Waals surface area contributed by atoms with Gasteiger partial charge in [-0.2, -0.15) is 0 Å². The van der Waals surface area contributed by atoms with Gasteiger partial charge in [0.25, 0.3) is 0 Å². The molecule has 0 radical (unpaired) electrons. The zero-order valence-electron chi connectivity index (χ0n) is 14.7. The summed E-state index contributed by atoms with van der Waals surface area (Å²) in [6.07, 6.45) is 0. The van der Waals surface area contributed by atoms with Crippen molar-refractivity contribution in [2.24, 2.45) is 5.92 Å². The summed E-state index contributed by atoms with van der Waals surface area (Å²) in [6.45, 7) is 6.05. The monoisotopic (exact) mass is 354 g/mol. The van der Waals surface area contributed by atoms with Crippen LogP contribution in [0.3, 0.4) is 0 Å². The normalized spacial score (nSPS) is 14.5. The number of ether oxygens (including phenoxy) is 1. The Morgan fingerprint density at radius 3 is 2.64 bits per heavy atom. The smallest absolute Gasteiger partial charge is 0.308 e. The van der Waals surface area contributed by atoms with Gasteiger partial charge in [0.05, 0.1) is 12.5 Å². The first-order chi connectivity index (χ1) is 12.0. The van der Waals surface area contributed by atoms with Crippen LogP contribution in [0.5, 0.6) is 0 Å². The van der Waals surface area contributed by atoms with Gasteiger partial charge in [-0.3, -0.25) is 9.59 Å². The van der Waals surface area contributed by atoms with E-state index in [0.717, 1.165) is 32.9 Å². The van der Waals surface area contributed by atoms with Crippen LogP contribution in [0.25, 0.3) is 0 Å². The van der Waals surface area contributed by atoms with Crippen LogP contribution in [0.4, 0.5) is 0 Å². The van der Waals surface area contributed by atoms with Gasteiger partial charge in [-0.15, -0.1) is 11.8 Å². The van der Waals surface area contributed by atoms with E-state index in [-0.39, 0.29) is 23.6 Å². The average molecular weight is 354 g/mol. The first-order valence-corrected chi connectivity index (χ1v) is 9.52. The number of rotatable bonds is 4. The molecule has 1 heterocycles. The molecule has 1 atom stereocenters. The molecule has 4 heteroatoms. The molecule has 0 amide bonds. The van der Waals surface area contributed by atoms with Gasteiger partial charge in [-0.25, -0.2) is 0 Å². The summed E-state index contributed by atoms with van der Waals surface area (Å²) in [6, 6.07) is 13.7. The summed E-state index contributed by atoms with van der Waals surface area (Å²) in [5.41, 5.74) is 3.71. The first kappa shape index (κ1) is 17.7. The molecule has 2 aromatic carbocycles. The predicted octanol–water partition coefficient (Wildman–Crippen LogP) is 4.83. The highest BCUT2D eigenvalue weighted by Crippen LogP contribution is 2.35. The highest BCUT2D eigenvalue weighted by molar-refractivity contribution is 7.98. The number of thioether (sulfide) groups is 1. The molecule has 0 saturated heterocycles. The molecule has 0 N–H and O–H groups in total. The van der Waals surface area contributed by atoms with Crippen molar-refractivity contribution in [2.75, 3.05) is 6.61 Å². The lowest BCUT2D eigenvalue weighted by Gasteiger charge is -2.15. The maximum absolute atomic E-state index is 12.8. The maximum Gasteiger partial charge on any atom is 0.308 e. The van der Waals surface area contributed by atoms with Crippen LogP contribution >= 0.6 is 11.8 Å². The molecule has 25 heavy (non-hydrogen) atoms. The maximum atomic E-state index is 12.8. The number of hydrogen-bond donors (Lipinski definition) is 0. The van der Waals surface area contributed by atoms with E-state index in [1.807, 2.05) is 57.2 Å². The lowest BCUT2D eigenvalue weighted by atomic mass is 9.95. The molecule has 0 saturated carbocycles. The van der Waals surface area contributed by atoms with Gasteiger partial charge < -0.3 is 4.74 Å². The summed E-state index contributed by atoms with van der Waals surface area (Å²) in [4.78, 5) is 25.5. The van der Waals surface area contributed by atoms with Gasteiger partial charge in [-0.05, 0) is 23.3 Å². The average Bonchev–Trinajstić information content (AvgIpc) is 2.76. The van der Waals surface area contributed by atoms with Crippen LogP contribution in [0.15, 0.2) is 47.4 Å². The van der Waals surface area contributed by atoms with E-state index >= 15 is 0 Å². The van der Waals surface area contributed by atoms with E-state index in [9.17, 15) is 9.59 Å². The van der Waals surface area contributed by atoms with Gasteiger partial charge in [0, 0.05) is 27.7 Å². The third-order valence-corrected chi connectivity index (χ3v) is 5.52. The Bertz CT molecular complexity index is 811. The quantitative estimate of drug-likeness (QED) is 0.738. The summed E-state index contributed by atoms with van der Waals surface area (Å²) < 4.78 is 5.35. The summed E-state index contributed by atoms with van der Waals surface area (Å²) in [7, 11) is 0. The van der Waals surface area contributed by atoms with Crippen LogP contribution in [-0.4, -0.2) is 18.4 Å². The van der Waals surface area contributed by atoms with E-state index in [0.29, 0.717) is 6.61 Å². The molecule has 130 valence electrons. The van der Waals surface area contributed by atoms with Crippen LogP contribution < -0.4 is 0 Å². The van der Waals surface area contributed by atoms with Crippen molar-refractivity contribution in [3.05, 3.63) is 64.7 Å². The molecule has 2 aromatic rings. The Kier molecular flexibility index (Phi) is 5.28. The second-order valence-corrected chi connectivity index (χ2v) is 7.73. The number of carbonyl (C=O) groups is 2. The molecule has 3 rings (SSSR count). The summed E-state index contributed by atoms with van der Waals surface area (Å²) in [5.74, 6) is 0.664. The van der Waals surface area contributed by atoms with E-state index in [2.05, 4.69) is 6.07 Å². The van der Waals surface area contributed by atoms with Gasteiger partial charge >= 0.3 is 5.97 Å². The van der Waals surface area contributed by atoms with Crippen molar-refractivity contribution in [1.29, 1.82) is 0 Å². The number of fused-ring (bicyclic) bond motifs is 2. The summed E-state index contributed by atoms with van der Waals surface area (Å²) >= 11 is 1.69. The highest BCUT2D eigenvalue weighted by Gasteiger charge is 2.22. The number of hydrogen-bond acceptors (Lipinski definition) is 4. The second-order valence-electron chi connectivity index (χ2n) is 6.72. The Labute approximate surface area is 152 Å². The van der Waals surface area contributed by atoms with Crippen molar-refractivity contribution in [3.63, 3.8) is 0 Å². The Morgan fingerprint density at radius 2 is 1.88 bits per heavy atom. The van der Waals surface area contributed by atoms with E-state index < -0.39 is 0 Å². The molecule has 1 unspecified atom stereocenters. The highest BCUT2D eigenvalue weighted by atomic mass is 32.2. The second kappa shape index (κ2) is 7.44. The molecule has 1 aliphatic rings. The van der Waals surface area contributed by atoms with E-state index in [4.69, 9.17) is 4.74 Å². The van der Waals surface area contributed by atoms with Crippen LogP contribution in [0.1, 0.15) is 53.7 Å². The van der Waals surface area contributed by atoms with Crippen LogP contribution in [0.2, 0.25) is 0 Å². The lowest BCUT2D eigenvalue weighted by molar-refractivity contribution is -0.147. The van der Waals surface area contributed by atoms with Gasteiger partial charge in [0.15, 0.2) is 5.78 Å².